The van der Waals surface area contributed by atoms with E-state index in [1.165, 1.54) is 6.33 Å². The Morgan fingerprint density at radius 2 is 2.08 bits per heavy atom. The molecule has 1 aliphatic heterocycles. The molecule has 1 amide bonds. The van der Waals surface area contributed by atoms with E-state index in [2.05, 4.69) is 15.0 Å². The maximum atomic E-state index is 14.3. The number of hydrogen-bond acceptors (Lipinski definition) is 6. The molecule has 0 radical (unpaired) electrons. The first kappa shape index (κ1) is 17.8. The van der Waals surface area contributed by atoms with Crippen molar-refractivity contribution < 1.29 is 23.8 Å². The second-order valence-corrected chi connectivity index (χ2v) is 5.99. The van der Waals surface area contributed by atoms with Crippen LogP contribution in [0.1, 0.15) is 17.7 Å². The molecule has 26 heavy (non-hydrogen) atoms. The highest BCUT2D eigenvalue weighted by atomic mass is 19.1. The zero-order valence-corrected chi connectivity index (χ0v) is 14.4. The monoisotopic (exact) mass is 362 g/mol. The molecule has 2 aromatic heterocycles. The predicted molar refractivity (Wildman–Crippen MR) is 89.3 cm³/mol. The molecule has 2 aromatic rings. The minimum absolute atomic E-state index is 0.211. The van der Waals surface area contributed by atoms with Crippen molar-refractivity contribution in [1.29, 1.82) is 0 Å². The first-order valence-electron chi connectivity index (χ1n) is 8.15. The molecule has 1 saturated heterocycles. The molecule has 138 valence electrons. The quantitative estimate of drug-likeness (QED) is 0.893. The second-order valence-electron chi connectivity index (χ2n) is 5.99. The highest BCUT2D eigenvalue weighted by Crippen LogP contribution is 2.30. The number of pyridine rings is 1. The standard InChI is InChI=1S/C17H19FN4O4/c1-10-15(25-13-4-3-6-19-11(13)2)20-9-21-16(10)26-14-5-7-22(17(23)24)8-12(14)18/h3-4,6,9,12,14H,5,7-8H2,1-2H3,(H,23,24)/t12-,14-/m0/s1. The molecular formula is C17H19FN4O4. The Morgan fingerprint density at radius 1 is 1.31 bits per heavy atom. The summed E-state index contributed by atoms with van der Waals surface area (Å²) in [7, 11) is 0. The third-order valence-electron chi connectivity index (χ3n) is 4.17. The molecule has 2 atom stereocenters. The molecule has 0 unspecified atom stereocenters. The second kappa shape index (κ2) is 7.51. The first-order valence-corrected chi connectivity index (χ1v) is 8.15. The molecule has 0 saturated carbocycles. The molecule has 0 aliphatic carbocycles. The van der Waals surface area contributed by atoms with Gasteiger partial charge in [0, 0.05) is 19.2 Å². The summed E-state index contributed by atoms with van der Waals surface area (Å²) in [5.41, 5.74) is 1.24. The summed E-state index contributed by atoms with van der Waals surface area (Å²) >= 11 is 0. The number of aromatic nitrogens is 3. The van der Waals surface area contributed by atoms with E-state index in [1.807, 2.05) is 6.92 Å². The van der Waals surface area contributed by atoms with Crippen LogP contribution in [0.4, 0.5) is 9.18 Å². The largest absolute Gasteiger partial charge is 0.471 e. The molecule has 8 nitrogen and oxygen atoms in total. The zero-order chi connectivity index (χ0) is 18.7. The van der Waals surface area contributed by atoms with Crippen molar-refractivity contribution >= 4 is 6.09 Å². The van der Waals surface area contributed by atoms with Gasteiger partial charge in [-0.2, -0.15) is 0 Å². The lowest BCUT2D eigenvalue weighted by Gasteiger charge is -2.33. The molecule has 1 aliphatic rings. The van der Waals surface area contributed by atoms with E-state index in [0.29, 0.717) is 22.9 Å². The number of likely N-dealkylation sites (tertiary alicyclic amines) is 1. The van der Waals surface area contributed by atoms with Crippen LogP contribution >= 0.6 is 0 Å². The molecular weight excluding hydrogens is 343 g/mol. The van der Waals surface area contributed by atoms with Crippen LogP contribution in [-0.4, -0.2) is 56.4 Å². The Kier molecular flexibility index (Phi) is 5.15. The van der Waals surface area contributed by atoms with Gasteiger partial charge in [-0.15, -0.1) is 0 Å². The zero-order valence-electron chi connectivity index (χ0n) is 14.4. The van der Waals surface area contributed by atoms with Crippen molar-refractivity contribution in [2.75, 3.05) is 13.1 Å². The maximum absolute atomic E-state index is 14.3. The van der Waals surface area contributed by atoms with Gasteiger partial charge in [-0.1, -0.05) is 0 Å². The van der Waals surface area contributed by atoms with Gasteiger partial charge >= 0.3 is 6.09 Å². The van der Waals surface area contributed by atoms with Gasteiger partial charge in [0.1, 0.15) is 12.4 Å². The number of carbonyl (C=O) groups is 1. The van der Waals surface area contributed by atoms with Gasteiger partial charge < -0.3 is 19.5 Å². The van der Waals surface area contributed by atoms with E-state index < -0.39 is 18.4 Å². The van der Waals surface area contributed by atoms with Crippen LogP contribution in [0.15, 0.2) is 24.7 Å². The Bertz CT molecular complexity index is 804. The van der Waals surface area contributed by atoms with E-state index >= 15 is 0 Å². The summed E-state index contributed by atoms with van der Waals surface area (Å²) < 4.78 is 25.7. The van der Waals surface area contributed by atoms with Gasteiger partial charge in [-0.3, -0.25) is 4.98 Å². The number of halogens is 1. The molecule has 9 heteroatoms. The minimum Gasteiger partial charge on any atom is -0.471 e. The highest BCUT2D eigenvalue weighted by molar-refractivity contribution is 5.65. The van der Waals surface area contributed by atoms with Crippen molar-refractivity contribution in [2.24, 2.45) is 0 Å². The summed E-state index contributed by atoms with van der Waals surface area (Å²) in [6, 6.07) is 3.52. The first-order chi connectivity index (χ1) is 12.5. The number of piperidine rings is 1. The van der Waals surface area contributed by atoms with Crippen molar-refractivity contribution in [2.45, 2.75) is 32.5 Å². The summed E-state index contributed by atoms with van der Waals surface area (Å²) in [6.07, 6.45) is -0.148. The molecule has 0 bridgehead atoms. The van der Waals surface area contributed by atoms with Crippen LogP contribution in [0.25, 0.3) is 0 Å². The van der Waals surface area contributed by atoms with E-state index in [4.69, 9.17) is 14.6 Å². The average Bonchev–Trinajstić information content (AvgIpc) is 2.61. The van der Waals surface area contributed by atoms with Crippen LogP contribution < -0.4 is 9.47 Å². The van der Waals surface area contributed by atoms with Gasteiger partial charge in [0.25, 0.3) is 0 Å². The predicted octanol–water partition coefficient (Wildman–Crippen LogP) is 2.75. The third kappa shape index (κ3) is 3.81. The topological polar surface area (TPSA) is 97.7 Å². The number of aryl methyl sites for hydroxylation is 1. The van der Waals surface area contributed by atoms with Crippen LogP contribution in [0, 0.1) is 13.8 Å². The fourth-order valence-electron chi connectivity index (χ4n) is 2.66. The number of ether oxygens (including phenoxy) is 2. The number of amides is 1. The summed E-state index contributed by atoms with van der Waals surface area (Å²) in [5, 5.41) is 8.95. The average molecular weight is 362 g/mol. The number of alkyl halides is 1. The van der Waals surface area contributed by atoms with E-state index in [0.717, 1.165) is 4.90 Å². The lowest BCUT2D eigenvalue weighted by atomic mass is 10.1. The van der Waals surface area contributed by atoms with Crippen molar-refractivity contribution in [3.63, 3.8) is 0 Å². The van der Waals surface area contributed by atoms with E-state index in [1.54, 1.807) is 25.3 Å². The van der Waals surface area contributed by atoms with Crippen LogP contribution in [0.3, 0.4) is 0 Å². The third-order valence-corrected chi connectivity index (χ3v) is 4.17. The Balaban J connectivity index is 1.74. The van der Waals surface area contributed by atoms with E-state index in [-0.39, 0.29) is 25.4 Å². The number of rotatable bonds is 4. The van der Waals surface area contributed by atoms with Crippen LogP contribution in [0.2, 0.25) is 0 Å². The van der Waals surface area contributed by atoms with Crippen molar-refractivity contribution in [1.82, 2.24) is 19.9 Å². The smallest absolute Gasteiger partial charge is 0.407 e. The Morgan fingerprint density at radius 3 is 2.77 bits per heavy atom. The molecule has 3 rings (SSSR count). The van der Waals surface area contributed by atoms with Gasteiger partial charge in [0.2, 0.25) is 11.8 Å². The lowest BCUT2D eigenvalue weighted by molar-refractivity contribution is 0.0220. The maximum Gasteiger partial charge on any atom is 0.407 e. The van der Waals surface area contributed by atoms with Crippen molar-refractivity contribution in [3.05, 3.63) is 35.9 Å². The SMILES string of the molecule is Cc1ncccc1Oc1ncnc(O[C@H]2CCN(C(=O)O)C[C@@H]2F)c1C. The van der Waals surface area contributed by atoms with Gasteiger partial charge in [-0.05, 0) is 26.0 Å². The van der Waals surface area contributed by atoms with Gasteiger partial charge in [0.05, 0.1) is 17.8 Å². The molecule has 0 aromatic carbocycles. The Labute approximate surface area is 149 Å². The summed E-state index contributed by atoms with van der Waals surface area (Å²) in [5.74, 6) is 1.07. The number of carboxylic acid groups (broad SMARTS) is 1. The fraction of sp³-hybridized carbons (Fsp3) is 0.412. The molecule has 0 spiro atoms. The number of nitrogens with zero attached hydrogens (tertiary/aromatic N) is 4. The molecule has 3 heterocycles. The molecule has 1 fully saturated rings. The van der Waals surface area contributed by atoms with Crippen molar-refractivity contribution in [3.8, 4) is 17.5 Å². The summed E-state index contributed by atoms with van der Waals surface area (Å²) in [4.78, 5) is 24.3. The fourth-order valence-corrected chi connectivity index (χ4v) is 2.66. The highest BCUT2D eigenvalue weighted by Gasteiger charge is 2.33. The lowest BCUT2D eigenvalue weighted by Crippen LogP contribution is -2.48. The van der Waals surface area contributed by atoms with Crippen LogP contribution in [0.5, 0.6) is 17.5 Å². The van der Waals surface area contributed by atoms with E-state index in [9.17, 15) is 9.18 Å². The Hall–Kier alpha value is -2.97. The minimum atomic E-state index is -1.43. The number of hydrogen-bond donors (Lipinski definition) is 1. The van der Waals surface area contributed by atoms with Crippen LogP contribution in [-0.2, 0) is 0 Å². The molecule has 1 N–H and O–H groups in total. The van der Waals surface area contributed by atoms with Gasteiger partial charge in [0.15, 0.2) is 11.9 Å². The van der Waals surface area contributed by atoms with Gasteiger partial charge in [-0.25, -0.2) is 19.2 Å². The summed E-state index contributed by atoms with van der Waals surface area (Å²) in [6.45, 7) is 3.52. The normalized spacial score (nSPS) is 19.9.